The Bertz CT molecular complexity index is 459. The fraction of sp³-hybridized carbons (Fsp3) is 0.417. The number of aliphatic hydroxyl groups is 1. The summed E-state index contributed by atoms with van der Waals surface area (Å²) in [7, 11) is 0. The van der Waals surface area contributed by atoms with Crippen molar-refractivity contribution in [3.05, 3.63) is 33.8 Å². The van der Waals surface area contributed by atoms with Crippen LogP contribution in [0.15, 0.2) is 22.7 Å². The van der Waals surface area contributed by atoms with Crippen molar-refractivity contribution >= 4 is 21.8 Å². The lowest BCUT2D eigenvalue weighted by Crippen LogP contribution is -2.37. The number of benzene rings is 1. The summed E-state index contributed by atoms with van der Waals surface area (Å²) in [6, 6.07) is 2.77. The molecule has 0 aromatic heterocycles. The molecule has 2 N–H and O–H groups in total. The molecule has 1 aromatic carbocycles. The van der Waals surface area contributed by atoms with Crippen LogP contribution in [0.5, 0.6) is 0 Å². The molecule has 0 heterocycles. The van der Waals surface area contributed by atoms with Crippen molar-refractivity contribution in [1.82, 2.24) is 5.32 Å². The number of rotatable bonds is 4. The summed E-state index contributed by atoms with van der Waals surface area (Å²) in [5.41, 5.74) is -1.46. The van der Waals surface area contributed by atoms with Gasteiger partial charge in [-0.1, -0.05) is 22.9 Å². The average Bonchev–Trinajstić information content (AvgIpc) is 2.34. The third-order valence-corrected chi connectivity index (χ3v) is 3.07. The topological polar surface area (TPSA) is 49.3 Å². The summed E-state index contributed by atoms with van der Waals surface area (Å²) in [6.07, 6.45) is -4.18. The van der Waals surface area contributed by atoms with Crippen LogP contribution >= 0.6 is 15.9 Å². The standard InChI is InChI=1S/C12H13BrF3NO2/c1-2-8(6-18)17-11(19)9-4-3-7(13)5-10(9)12(14,15)16/h3-5,8,18H,2,6H2,1H3,(H,17,19)/t8-/m1/s1. The fourth-order valence-corrected chi connectivity index (χ4v) is 1.85. The van der Waals surface area contributed by atoms with Gasteiger partial charge in [-0.15, -0.1) is 0 Å². The largest absolute Gasteiger partial charge is 0.417 e. The van der Waals surface area contributed by atoms with E-state index in [4.69, 9.17) is 5.11 Å². The van der Waals surface area contributed by atoms with Crippen molar-refractivity contribution in [3.63, 3.8) is 0 Å². The molecule has 1 amide bonds. The normalized spacial score (nSPS) is 13.2. The molecule has 1 aromatic rings. The molecule has 0 unspecified atom stereocenters. The van der Waals surface area contributed by atoms with Crippen LogP contribution in [0.1, 0.15) is 29.3 Å². The lowest BCUT2D eigenvalue weighted by molar-refractivity contribution is -0.138. The molecule has 0 fully saturated rings. The van der Waals surface area contributed by atoms with Gasteiger partial charge in [0.05, 0.1) is 23.8 Å². The Labute approximate surface area is 116 Å². The molecule has 106 valence electrons. The maximum atomic E-state index is 12.8. The summed E-state index contributed by atoms with van der Waals surface area (Å²) < 4.78 is 38.8. The first-order valence-corrected chi connectivity index (χ1v) is 6.37. The van der Waals surface area contributed by atoms with Crippen LogP contribution < -0.4 is 5.32 Å². The van der Waals surface area contributed by atoms with Gasteiger partial charge in [0, 0.05) is 4.47 Å². The van der Waals surface area contributed by atoms with Crippen molar-refractivity contribution in [2.24, 2.45) is 0 Å². The molecule has 0 aliphatic rings. The molecule has 1 rings (SSSR count). The van der Waals surface area contributed by atoms with E-state index in [1.807, 2.05) is 0 Å². The summed E-state index contributed by atoms with van der Waals surface area (Å²) in [6.45, 7) is 1.40. The number of carbonyl (C=O) groups excluding carboxylic acids is 1. The molecule has 0 bridgehead atoms. The minimum absolute atomic E-state index is 0.241. The molecule has 0 saturated carbocycles. The average molecular weight is 340 g/mol. The van der Waals surface area contributed by atoms with Crippen molar-refractivity contribution < 1.29 is 23.1 Å². The number of alkyl halides is 3. The molecule has 0 spiro atoms. The van der Waals surface area contributed by atoms with E-state index in [2.05, 4.69) is 21.2 Å². The molecule has 19 heavy (non-hydrogen) atoms. The first-order chi connectivity index (χ1) is 8.79. The number of nitrogens with one attached hydrogen (secondary N) is 1. The van der Waals surface area contributed by atoms with E-state index >= 15 is 0 Å². The van der Waals surface area contributed by atoms with Crippen molar-refractivity contribution in [2.45, 2.75) is 25.6 Å². The van der Waals surface area contributed by atoms with Gasteiger partial charge in [0.2, 0.25) is 0 Å². The lowest BCUT2D eigenvalue weighted by atomic mass is 10.1. The highest BCUT2D eigenvalue weighted by atomic mass is 79.9. The van der Waals surface area contributed by atoms with Gasteiger partial charge in [-0.25, -0.2) is 0 Å². The zero-order valence-electron chi connectivity index (χ0n) is 10.1. The molecule has 7 heteroatoms. The molecule has 0 aliphatic heterocycles. The second kappa shape index (κ2) is 6.38. The van der Waals surface area contributed by atoms with Gasteiger partial charge < -0.3 is 10.4 Å². The Morgan fingerprint density at radius 1 is 1.47 bits per heavy atom. The van der Waals surface area contributed by atoms with Gasteiger partial charge >= 0.3 is 6.18 Å². The molecule has 0 radical (unpaired) electrons. The highest BCUT2D eigenvalue weighted by Gasteiger charge is 2.35. The number of halogens is 4. The quantitative estimate of drug-likeness (QED) is 0.885. The van der Waals surface area contributed by atoms with E-state index in [0.717, 1.165) is 12.1 Å². The monoisotopic (exact) mass is 339 g/mol. The van der Waals surface area contributed by atoms with Crippen LogP contribution in [0.3, 0.4) is 0 Å². The number of amides is 1. The summed E-state index contributed by atoms with van der Waals surface area (Å²) in [5, 5.41) is 11.3. The van der Waals surface area contributed by atoms with Gasteiger partial charge in [0.1, 0.15) is 0 Å². The first kappa shape index (κ1) is 16.0. The van der Waals surface area contributed by atoms with Gasteiger partial charge in [0.15, 0.2) is 0 Å². The van der Waals surface area contributed by atoms with E-state index in [9.17, 15) is 18.0 Å². The van der Waals surface area contributed by atoms with Crippen molar-refractivity contribution in [1.29, 1.82) is 0 Å². The van der Waals surface area contributed by atoms with Crippen LogP contribution in [0, 0.1) is 0 Å². The van der Waals surface area contributed by atoms with Crippen LogP contribution in [-0.4, -0.2) is 23.7 Å². The van der Waals surface area contributed by atoms with Crippen LogP contribution in [0.25, 0.3) is 0 Å². The molecule has 0 saturated heterocycles. The van der Waals surface area contributed by atoms with Gasteiger partial charge in [0.25, 0.3) is 5.91 Å². The first-order valence-electron chi connectivity index (χ1n) is 5.58. The Morgan fingerprint density at radius 3 is 2.58 bits per heavy atom. The van der Waals surface area contributed by atoms with Crippen molar-refractivity contribution in [2.75, 3.05) is 6.61 Å². The molecule has 3 nitrogen and oxygen atoms in total. The minimum atomic E-state index is -4.61. The molecular weight excluding hydrogens is 327 g/mol. The predicted molar refractivity (Wildman–Crippen MR) is 67.8 cm³/mol. The smallest absolute Gasteiger partial charge is 0.394 e. The van der Waals surface area contributed by atoms with E-state index in [-0.39, 0.29) is 11.1 Å². The zero-order chi connectivity index (χ0) is 14.6. The van der Waals surface area contributed by atoms with E-state index in [1.165, 1.54) is 6.07 Å². The third kappa shape index (κ3) is 4.21. The number of hydrogen-bond acceptors (Lipinski definition) is 2. The van der Waals surface area contributed by atoms with Gasteiger partial charge in [-0.3, -0.25) is 4.79 Å². The third-order valence-electron chi connectivity index (χ3n) is 2.58. The Morgan fingerprint density at radius 2 is 2.11 bits per heavy atom. The number of aliphatic hydroxyl groups excluding tert-OH is 1. The predicted octanol–water partition coefficient (Wildman–Crippen LogP) is 2.97. The van der Waals surface area contributed by atoms with Crippen LogP contribution in [0.4, 0.5) is 13.2 Å². The van der Waals surface area contributed by atoms with E-state index in [0.29, 0.717) is 6.42 Å². The summed E-state index contributed by atoms with van der Waals surface area (Å²) in [5.74, 6) is -0.847. The second-order valence-electron chi connectivity index (χ2n) is 3.95. The van der Waals surface area contributed by atoms with E-state index in [1.54, 1.807) is 6.92 Å². The molecule has 0 aliphatic carbocycles. The zero-order valence-corrected chi connectivity index (χ0v) is 11.7. The van der Waals surface area contributed by atoms with Crippen LogP contribution in [0.2, 0.25) is 0 Å². The van der Waals surface area contributed by atoms with Gasteiger partial charge in [-0.2, -0.15) is 13.2 Å². The van der Waals surface area contributed by atoms with E-state index < -0.39 is 29.3 Å². The highest BCUT2D eigenvalue weighted by Crippen LogP contribution is 2.33. The molecule has 1 atom stereocenters. The second-order valence-corrected chi connectivity index (χ2v) is 4.86. The van der Waals surface area contributed by atoms with Crippen LogP contribution in [-0.2, 0) is 6.18 Å². The van der Waals surface area contributed by atoms with Gasteiger partial charge in [-0.05, 0) is 24.6 Å². The Balaban J connectivity index is 3.09. The fourth-order valence-electron chi connectivity index (χ4n) is 1.49. The minimum Gasteiger partial charge on any atom is -0.394 e. The van der Waals surface area contributed by atoms with Crippen molar-refractivity contribution in [3.8, 4) is 0 Å². The maximum Gasteiger partial charge on any atom is 0.417 e. The lowest BCUT2D eigenvalue weighted by Gasteiger charge is -2.17. The molecular formula is C12H13BrF3NO2. The summed E-state index contributed by atoms with van der Waals surface area (Å²) in [4.78, 5) is 11.8. The SMILES string of the molecule is CC[C@H](CO)NC(=O)c1ccc(Br)cc1C(F)(F)F. The maximum absolute atomic E-state index is 12.8. The Hall–Kier alpha value is -1.08. The number of carbonyl (C=O) groups is 1. The summed E-state index contributed by atoms with van der Waals surface area (Å²) >= 11 is 2.94. The number of hydrogen-bond donors (Lipinski definition) is 2. The Kier molecular flexibility index (Phi) is 5.37. The highest BCUT2D eigenvalue weighted by molar-refractivity contribution is 9.10.